The predicted octanol–water partition coefficient (Wildman–Crippen LogP) is 2.95. The lowest BCUT2D eigenvalue weighted by atomic mass is 10.1. The van der Waals surface area contributed by atoms with Gasteiger partial charge in [0.25, 0.3) is 0 Å². The summed E-state index contributed by atoms with van der Waals surface area (Å²) in [7, 11) is 0. The van der Waals surface area contributed by atoms with Crippen LogP contribution in [0, 0.1) is 0 Å². The molecule has 190 valence electrons. The van der Waals surface area contributed by atoms with E-state index in [-0.39, 0.29) is 17.8 Å². The minimum Gasteiger partial charge on any atom is -0.480 e. The molecular weight excluding hydrogens is 479 g/mol. The number of hydrogen-bond donors (Lipinski definition) is 5. The molecule has 0 saturated carbocycles. The third kappa shape index (κ3) is 16.3. The van der Waals surface area contributed by atoms with Crippen molar-refractivity contribution in [2.75, 3.05) is 47.0 Å². The molecule has 1 heterocycles. The Morgan fingerprint density at radius 2 is 1.21 bits per heavy atom. The number of hydrogen-bond acceptors (Lipinski definition) is 9. The zero-order chi connectivity index (χ0) is 27.1. The number of anilines is 4. The van der Waals surface area contributed by atoms with Crippen LogP contribution in [0.1, 0.15) is 5.56 Å². The third-order valence-electron chi connectivity index (χ3n) is 3.47. The molecule has 0 saturated heterocycles. The Bertz CT molecular complexity index is 736. The molecule has 1 aromatic heterocycles. The first-order valence-corrected chi connectivity index (χ1v) is 10.8. The highest BCUT2D eigenvalue weighted by Crippen LogP contribution is 2.16. The highest BCUT2D eigenvalue weighted by molar-refractivity contribution is 6.18. The van der Waals surface area contributed by atoms with Gasteiger partial charge < -0.3 is 32.9 Å². The number of benzene rings is 1. The van der Waals surface area contributed by atoms with Crippen molar-refractivity contribution in [3.63, 3.8) is 0 Å². The van der Waals surface area contributed by atoms with Crippen LogP contribution in [0.3, 0.4) is 0 Å². The first kappa shape index (κ1) is 35.3. The van der Waals surface area contributed by atoms with E-state index in [1.165, 1.54) is 0 Å². The second-order valence-corrected chi connectivity index (χ2v) is 6.35. The summed E-state index contributed by atoms with van der Waals surface area (Å²) in [4.78, 5) is 23.2. The second kappa shape index (κ2) is 22.8. The number of rotatable bonds is 8. The van der Waals surface area contributed by atoms with Gasteiger partial charge >= 0.3 is 5.97 Å². The molecule has 0 aliphatic rings. The molecule has 10 nitrogen and oxygen atoms in total. The topological polar surface area (TPSA) is 183 Å². The molecule has 1 aromatic carbocycles. The SMILES string of the molecule is C=C.C=C.C=C.N[C@@H](Cc1ccc(N(CCCl)CCCl)cc1)C(=O)O.Nc1nc(N)nc(N)n1. The highest BCUT2D eigenvalue weighted by atomic mass is 35.5. The molecule has 0 fully saturated rings. The summed E-state index contributed by atoms with van der Waals surface area (Å²) in [5.74, 6) is 0.195. The zero-order valence-corrected chi connectivity index (χ0v) is 20.9. The number of alkyl halides is 2. The average molecular weight is 515 g/mol. The molecule has 0 amide bonds. The number of aliphatic carboxylic acids is 1. The smallest absolute Gasteiger partial charge is 0.320 e. The molecule has 12 heteroatoms. The third-order valence-corrected chi connectivity index (χ3v) is 3.81. The summed E-state index contributed by atoms with van der Waals surface area (Å²) in [6.07, 6.45) is 0.320. The van der Waals surface area contributed by atoms with E-state index in [0.29, 0.717) is 18.2 Å². The van der Waals surface area contributed by atoms with Crippen LogP contribution in [0.2, 0.25) is 0 Å². The van der Waals surface area contributed by atoms with Gasteiger partial charge in [0.05, 0.1) is 0 Å². The first-order chi connectivity index (χ1) is 16.3. The van der Waals surface area contributed by atoms with Crippen LogP contribution in [0.5, 0.6) is 0 Å². The van der Waals surface area contributed by atoms with Crippen LogP contribution in [0.25, 0.3) is 0 Å². The summed E-state index contributed by atoms with van der Waals surface area (Å²) < 4.78 is 0. The molecule has 0 unspecified atom stereocenters. The van der Waals surface area contributed by atoms with E-state index in [9.17, 15) is 4.79 Å². The van der Waals surface area contributed by atoms with Gasteiger partial charge in [0.2, 0.25) is 17.8 Å². The van der Waals surface area contributed by atoms with Crippen LogP contribution >= 0.6 is 23.2 Å². The van der Waals surface area contributed by atoms with Crippen molar-refractivity contribution in [2.45, 2.75) is 12.5 Å². The van der Waals surface area contributed by atoms with E-state index < -0.39 is 12.0 Å². The summed E-state index contributed by atoms with van der Waals surface area (Å²) >= 11 is 11.5. The van der Waals surface area contributed by atoms with E-state index in [1.54, 1.807) is 0 Å². The molecule has 2 aromatic rings. The fourth-order valence-electron chi connectivity index (χ4n) is 2.19. The van der Waals surface area contributed by atoms with Crippen molar-refractivity contribution in [3.05, 3.63) is 69.3 Å². The Kier molecular flexibility index (Phi) is 23.7. The van der Waals surface area contributed by atoms with Crippen molar-refractivity contribution in [3.8, 4) is 0 Å². The van der Waals surface area contributed by atoms with Crippen molar-refractivity contribution in [1.82, 2.24) is 15.0 Å². The molecule has 2 rings (SSSR count). The molecule has 34 heavy (non-hydrogen) atoms. The minimum atomic E-state index is -0.991. The molecule has 0 bridgehead atoms. The lowest BCUT2D eigenvalue weighted by Gasteiger charge is -2.23. The Hall–Kier alpha value is -3.34. The maximum atomic E-state index is 10.7. The maximum absolute atomic E-state index is 10.7. The van der Waals surface area contributed by atoms with Crippen LogP contribution < -0.4 is 27.8 Å². The fourth-order valence-corrected chi connectivity index (χ4v) is 2.59. The molecule has 0 radical (unpaired) electrons. The summed E-state index contributed by atoms with van der Waals surface area (Å²) in [5.41, 5.74) is 22.8. The molecular formula is C22H36Cl2N8O2. The van der Waals surface area contributed by atoms with E-state index in [0.717, 1.165) is 24.3 Å². The first-order valence-electron chi connectivity index (χ1n) is 9.73. The Labute approximate surface area is 212 Å². The number of carboxylic acid groups (broad SMARTS) is 1. The zero-order valence-electron chi connectivity index (χ0n) is 19.4. The van der Waals surface area contributed by atoms with Gasteiger partial charge in [0.1, 0.15) is 6.04 Å². The molecule has 0 aliphatic carbocycles. The monoisotopic (exact) mass is 514 g/mol. The van der Waals surface area contributed by atoms with Crippen molar-refractivity contribution in [2.24, 2.45) is 5.73 Å². The number of aromatic nitrogens is 3. The minimum absolute atomic E-state index is 0.0417. The van der Waals surface area contributed by atoms with Crippen molar-refractivity contribution in [1.29, 1.82) is 0 Å². The number of carbonyl (C=O) groups is 1. The molecule has 0 aliphatic heterocycles. The standard InChI is InChI=1S/C13H18Cl2N2O2.C3H6N6.3C2H4/c14-5-7-17(8-6-15)11-3-1-10(2-4-11)9-12(16)13(18)19;4-1-7-2(5)9-3(6)8-1;3*1-2/h1-4,12H,5-9,16H2,(H,18,19);(H6,4,5,6,7,8,9);3*1-2H2/t12-;;;;/m0..../s1. The molecule has 9 N–H and O–H groups in total. The van der Waals surface area contributed by atoms with E-state index in [1.807, 2.05) is 24.3 Å². The lowest BCUT2D eigenvalue weighted by Crippen LogP contribution is -2.32. The van der Waals surface area contributed by atoms with Crippen LogP contribution in [0.15, 0.2) is 63.7 Å². The molecule has 0 spiro atoms. The highest BCUT2D eigenvalue weighted by Gasteiger charge is 2.12. The number of halogens is 2. The number of nitrogens with zero attached hydrogens (tertiary/aromatic N) is 4. The van der Waals surface area contributed by atoms with Crippen LogP contribution in [0.4, 0.5) is 23.5 Å². The van der Waals surface area contributed by atoms with Gasteiger partial charge in [-0.3, -0.25) is 4.79 Å². The Balaban J connectivity index is -0.000000533. The lowest BCUT2D eigenvalue weighted by molar-refractivity contribution is -0.138. The van der Waals surface area contributed by atoms with Gasteiger partial charge in [-0.15, -0.1) is 62.7 Å². The van der Waals surface area contributed by atoms with E-state index in [4.69, 9.17) is 51.2 Å². The maximum Gasteiger partial charge on any atom is 0.320 e. The average Bonchev–Trinajstić information content (AvgIpc) is 2.83. The van der Waals surface area contributed by atoms with Crippen LogP contribution in [-0.2, 0) is 11.2 Å². The van der Waals surface area contributed by atoms with Gasteiger partial charge in [-0.05, 0) is 24.1 Å². The largest absolute Gasteiger partial charge is 0.480 e. The Morgan fingerprint density at radius 1 is 0.853 bits per heavy atom. The van der Waals surface area contributed by atoms with Crippen LogP contribution in [-0.4, -0.2) is 56.9 Å². The normalized spacial score (nSPS) is 9.62. The van der Waals surface area contributed by atoms with Gasteiger partial charge in [-0.25, -0.2) is 0 Å². The van der Waals surface area contributed by atoms with Crippen molar-refractivity contribution < 1.29 is 9.90 Å². The second-order valence-electron chi connectivity index (χ2n) is 5.59. The molecule has 1 atom stereocenters. The summed E-state index contributed by atoms with van der Waals surface area (Å²) in [5, 5.41) is 8.76. The van der Waals surface area contributed by atoms with Crippen molar-refractivity contribution >= 4 is 52.7 Å². The fraction of sp³-hybridized carbons (Fsp3) is 0.273. The number of nitrogens with two attached hydrogens (primary N) is 4. The summed E-state index contributed by atoms with van der Waals surface area (Å²) in [6.45, 7) is 19.4. The van der Waals surface area contributed by atoms with E-state index >= 15 is 0 Å². The summed E-state index contributed by atoms with van der Waals surface area (Å²) in [6, 6.07) is 6.76. The van der Waals surface area contributed by atoms with Gasteiger partial charge in [-0.2, -0.15) is 15.0 Å². The van der Waals surface area contributed by atoms with Gasteiger partial charge in [0.15, 0.2) is 0 Å². The number of nitrogen functional groups attached to an aromatic ring is 3. The quantitative estimate of drug-likeness (QED) is 0.259. The number of carboxylic acids is 1. The Morgan fingerprint density at radius 3 is 1.50 bits per heavy atom. The van der Waals surface area contributed by atoms with Gasteiger partial charge in [-0.1, -0.05) is 12.1 Å². The van der Waals surface area contributed by atoms with E-state index in [2.05, 4.69) is 59.3 Å². The van der Waals surface area contributed by atoms with Gasteiger partial charge in [0, 0.05) is 30.5 Å². The predicted molar refractivity (Wildman–Crippen MR) is 146 cm³/mol.